The maximum absolute atomic E-state index is 16.1. The van der Waals surface area contributed by atoms with Crippen LogP contribution in [0, 0.1) is 18.6 Å². The number of aryl methyl sites for hydroxylation is 1. The van der Waals surface area contributed by atoms with E-state index in [0.29, 0.717) is 35.4 Å². The summed E-state index contributed by atoms with van der Waals surface area (Å²) < 4.78 is 31.4. The number of rotatable bonds is 4. The van der Waals surface area contributed by atoms with Gasteiger partial charge < -0.3 is 15.4 Å². The fourth-order valence-electron chi connectivity index (χ4n) is 4.75. The van der Waals surface area contributed by atoms with Crippen LogP contribution in [0.3, 0.4) is 0 Å². The molecule has 0 amide bonds. The molecule has 3 N–H and O–H groups in total. The lowest BCUT2D eigenvalue weighted by Crippen LogP contribution is -2.55. The number of aliphatic hydroxyl groups is 1. The van der Waals surface area contributed by atoms with Gasteiger partial charge in [-0.2, -0.15) is 0 Å². The third-order valence-electron chi connectivity index (χ3n) is 6.44. The molecule has 0 aliphatic carbocycles. The van der Waals surface area contributed by atoms with Crippen molar-refractivity contribution in [2.24, 2.45) is 0 Å². The molecule has 2 heterocycles. The zero-order chi connectivity index (χ0) is 21.8. The Kier molecular flexibility index (Phi) is 5.11. The molecule has 6 heteroatoms. The van der Waals surface area contributed by atoms with E-state index in [1.165, 1.54) is 6.07 Å². The van der Waals surface area contributed by atoms with Crippen molar-refractivity contribution in [3.05, 3.63) is 53.2 Å². The Morgan fingerprint density at radius 2 is 1.87 bits per heavy atom. The van der Waals surface area contributed by atoms with Crippen LogP contribution in [-0.4, -0.2) is 39.7 Å². The lowest BCUT2D eigenvalue weighted by atomic mass is 9.80. The average Bonchev–Trinajstić information content (AvgIpc) is 3.07. The van der Waals surface area contributed by atoms with Gasteiger partial charge in [-0.1, -0.05) is 32.0 Å². The summed E-state index contributed by atoms with van der Waals surface area (Å²) in [6, 6.07) is 6.28. The van der Waals surface area contributed by atoms with E-state index in [1.54, 1.807) is 6.07 Å². The second-order valence-corrected chi connectivity index (χ2v) is 8.67. The number of hydrogen-bond donors (Lipinski definition) is 3. The Hall–Kier alpha value is -2.44. The summed E-state index contributed by atoms with van der Waals surface area (Å²) in [7, 11) is 0. The maximum atomic E-state index is 16.1. The fraction of sp³-hybridized carbons (Fsp3) is 0.417. The SMILES string of the molecule is CCN(CC)[C@@H]1c2c(cc(F)c(-c3cccc4c(C)c[nH]c34)c2F)NC(C)(C)[C@H]1O. The maximum Gasteiger partial charge on any atom is 0.141 e. The molecule has 160 valence electrons. The number of likely N-dealkylation sites (N-methyl/N-ethyl adjacent to an activating group) is 1. The summed E-state index contributed by atoms with van der Waals surface area (Å²) in [4.78, 5) is 5.18. The van der Waals surface area contributed by atoms with Gasteiger partial charge in [0.25, 0.3) is 0 Å². The second-order valence-electron chi connectivity index (χ2n) is 8.67. The topological polar surface area (TPSA) is 51.3 Å². The number of aromatic nitrogens is 1. The Morgan fingerprint density at radius 1 is 1.17 bits per heavy atom. The summed E-state index contributed by atoms with van der Waals surface area (Å²) in [5, 5.41) is 15.2. The number of hydrogen-bond acceptors (Lipinski definition) is 3. The number of para-hydroxylation sites is 1. The Bertz CT molecular complexity index is 1100. The highest BCUT2D eigenvalue weighted by Gasteiger charge is 2.45. The number of halogens is 2. The molecule has 1 aliphatic heterocycles. The molecule has 2 atom stereocenters. The van der Waals surface area contributed by atoms with Crippen molar-refractivity contribution in [1.29, 1.82) is 0 Å². The first-order chi connectivity index (χ1) is 14.2. The van der Waals surface area contributed by atoms with Crippen molar-refractivity contribution in [2.75, 3.05) is 18.4 Å². The first kappa shape index (κ1) is 20.8. The monoisotopic (exact) mass is 413 g/mol. The highest BCUT2D eigenvalue weighted by atomic mass is 19.1. The van der Waals surface area contributed by atoms with Gasteiger partial charge in [0.2, 0.25) is 0 Å². The molecule has 1 aromatic heterocycles. The normalized spacial score (nSPS) is 20.4. The van der Waals surface area contributed by atoms with Crippen LogP contribution < -0.4 is 5.32 Å². The molecule has 0 unspecified atom stereocenters. The fourth-order valence-corrected chi connectivity index (χ4v) is 4.75. The molecule has 1 aliphatic rings. The predicted molar refractivity (Wildman–Crippen MR) is 118 cm³/mol. The Labute approximate surface area is 175 Å². The lowest BCUT2D eigenvalue weighted by molar-refractivity contribution is 0.00979. The smallest absolute Gasteiger partial charge is 0.141 e. The Morgan fingerprint density at radius 3 is 2.53 bits per heavy atom. The summed E-state index contributed by atoms with van der Waals surface area (Å²) in [6.07, 6.45) is 0.982. The minimum absolute atomic E-state index is 0.0629. The van der Waals surface area contributed by atoms with Gasteiger partial charge in [-0.05, 0) is 45.5 Å². The summed E-state index contributed by atoms with van der Waals surface area (Å²) in [5.41, 5.74) is 2.14. The van der Waals surface area contributed by atoms with Crippen LogP contribution in [0.2, 0.25) is 0 Å². The molecule has 0 bridgehead atoms. The molecule has 3 aromatic rings. The number of nitrogens with one attached hydrogen (secondary N) is 2. The molecule has 4 rings (SSSR count). The second kappa shape index (κ2) is 7.36. The van der Waals surface area contributed by atoms with Crippen LogP contribution in [0.5, 0.6) is 0 Å². The summed E-state index contributed by atoms with van der Waals surface area (Å²) >= 11 is 0. The zero-order valence-corrected chi connectivity index (χ0v) is 18.1. The van der Waals surface area contributed by atoms with Gasteiger partial charge in [0, 0.05) is 28.4 Å². The molecule has 2 aromatic carbocycles. The number of benzene rings is 2. The van der Waals surface area contributed by atoms with Gasteiger partial charge in [0.1, 0.15) is 11.6 Å². The van der Waals surface area contributed by atoms with Crippen molar-refractivity contribution >= 4 is 16.6 Å². The van der Waals surface area contributed by atoms with Gasteiger partial charge in [0.15, 0.2) is 0 Å². The van der Waals surface area contributed by atoms with E-state index in [-0.39, 0.29) is 5.56 Å². The number of H-pyrrole nitrogens is 1. The van der Waals surface area contributed by atoms with Gasteiger partial charge in [-0.25, -0.2) is 8.78 Å². The van der Waals surface area contributed by atoms with Crippen molar-refractivity contribution in [3.8, 4) is 11.1 Å². The van der Waals surface area contributed by atoms with Gasteiger partial charge in [0.05, 0.1) is 28.8 Å². The highest BCUT2D eigenvalue weighted by molar-refractivity contribution is 5.96. The molecule has 0 radical (unpaired) electrons. The van der Waals surface area contributed by atoms with Gasteiger partial charge in [-0.3, -0.25) is 4.90 Å². The minimum Gasteiger partial charge on any atom is -0.389 e. The molecular weight excluding hydrogens is 384 g/mol. The van der Waals surface area contributed by atoms with Crippen LogP contribution in [-0.2, 0) is 0 Å². The standard InChI is InChI=1S/C24H29F2N3O/c1-6-29(7-2)22-19-17(28-24(4,5)23(22)30)11-16(25)18(20(19)26)15-10-8-9-14-13(3)12-27-21(14)15/h8-12,22-23,27-28,30H,6-7H2,1-5H3/t22-,23+/m1/s1. The van der Waals surface area contributed by atoms with Crippen molar-refractivity contribution in [2.45, 2.75) is 52.3 Å². The highest BCUT2D eigenvalue weighted by Crippen LogP contribution is 2.46. The van der Waals surface area contributed by atoms with E-state index in [9.17, 15) is 5.11 Å². The first-order valence-electron chi connectivity index (χ1n) is 10.5. The van der Waals surface area contributed by atoms with E-state index in [1.807, 2.05) is 57.8 Å². The lowest BCUT2D eigenvalue weighted by Gasteiger charge is -2.47. The molecular formula is C24H29F2N3O. The minimum atomic E-state index is -0.860. The number of aromatic amines is 1. The number of anilines is 1. The van der Waals surface area contributed by atoms with Crippen LogP contribution in [0.15, 0.2) is 30.5 Å². The van der Waals surface area contributed by atoms with E-state index in [4.69, 9.17) is 0 Å². The van der Waals surface area contributed by atoms with Crippen LogP contribution in [0.25, 0.3) is 22.0 Å². The largest absolute Gasteiger partial charge is 0.389 e. The molecule has 0 saturated heterocycles. The van der Waals surface area contributed by atoms with Gasteiger partial charge >= 0.3 is 0 Å². The Balaban J connectivity index is 2.01. The zero-order valence-electron chi connectivity index (χ0n) is 18.1. The number of nitrogens with zero attached hydrogens (tertiary/aromatic N) is 1. The van der Waals surface area contributed by atoms with Gasteiger partial charge in [-0.15, -0.1) is 0 Å². The molecule has 0 saturated carbocycles. The average molecular weight is 414 g/mol. The predicted octanol–water partition coefficient (Wildman–Crippen LogP) is 5.37. The third kappa shape index (κ3) is 3.01. The van der Waals surface area contributed by atoms with Crippen LogP contribution >= 0.6 is 0 Å². The third-order valence-corrected chi connectivity index (χ3v) is 6.44. The van der Waals surface area contributed by atoms with Crippen molar-refractivity contribution in [1.82, 2.24) is 9.88 Å². The van der Waals surface area contributed by atoms with Crippen molar-refractivity contribution in [3.63, 3.8) is 0 Å². The van der Waals surface area contributed by atoms with Crippen molar-refractivity contribution < 1.29 is 13.9 Å². The molecule has 0 spiro atoms. The quantitative estimate of drug-likeness (QED) is 0.539. The van der Waals surface area contributed by atoms with E-state index in [2.05, 4.69) is 10.3 Å². The molecule has 0 fully saturated rings. The van der Waals surface area contributed by atoms with Crippen LogP contribution in [0.1, 0.15) is 44.9 Å². The van der Waals surface area contributed by atoms with E-state index >= 15 is 8.78 Å². The molecule has 30 heavy (non-hydrogen) atoms. The van der Waals surface area contributed by atoms with Crippen LogP contribution in [0.4, 0.5) is 14.5 Å². The summed E-state index contributed by atoms with van der Waals surface area (Å²) in [5.74, 6) is -1.24. The molecule has 4 nitrogen and oxygen atoms in total. The summed E-state index contributed by atoms with van der Waals surface area (Å²) in [6.45, 7) is 10.9. The van der Waals surface area contributed by atoms with E-state index in [0.717, 1.165) is 10.9 Å². The number of aliphatic hydroxyl groups excluding tert-OH is 1. The van der Waals surface area contributed by atoms with E-state index < -0.39 is 29.3 Å². The number of fused-ring (bicyclic) bond motifs is 2. The first-order valence-corrected chi connectivity index (χ1v) is 10.5.